The van der Waals surface area contributed by atoms with Crippen molar-refractivity contribution in [1.29, 1.82) is 0 Å². The van der Waals surface area contributed by atoms with Gasteiger partial charge in [0.05, 0.1) is 19.9 Å². The van der Waals surface area contributed by atoms with Gasteiger partial charge in [0.2, 0.25) is 5.91 Å². The van der Waals surface area contributed by atoms with E-state index in [1.54, 1.807) is 30.5 Å². The molecule has 5 nitrogen and oxygen atoms in total. The normalized spacial score (nSPS) is 10.5. The number of hydrogen-bond acceptors (Lipinski definition) is 4. The number of hydrogen-bond donors (Lipinski definition) is 1. The monoisotopic (exact) mass is 251 g/mol. The Morgan fingerprint density at radius 3 is 2.94 bits per heavy atom. The molecule has 0 spiro atoms. The number of nitrogens with one attached hydrogen (secondary N) is 1. The Balaban J connectivity index is 2.09. The van der Waals surface area contributed by atoms with E-state index in [-0.39, 0.29) is 11.9 Å². The molecule has 0 aromatic carbocycles. The largest absolute Gasteiger partial charge is 0.469 e. The Kier molecular flexibility index (Phi) is 6.32. The second kappa shape index (κ2) is 8.11. The van der Waals surface area contributed by atoms with E-state index in [4.69, 9.17) is 4.42 Å². The van der Waals surface area contributed by atoms with Crippen LogP contribution in [0.1, 0.15) is 25.0 Å². The van der Waals surface area contributed by atoms with Crippen molar-refractivity contribution >= 4 is 11.9 Å². The van der Waals surface area contributed by atoms with E-state index >= 15 is 0 Å². The van der Waals surface area contributed by atoms with Crippen LogP contribution in [0.25, 0.3) is 0 Å². The van der Waals surface area contributed by atoms with Crippen LogP contribution in [0.3, 0.4) is 0 Å². The molecule has 0 saturated heterocycles. The molecule has 0 aliphatic heterocycles. The van der Waals surface area contributed by atoms with Gasteiger partial charge in [-0.15, -0.1) is 0 Å². The van der Waals surface area contributed by atoms with Crippen molar-refractivity contribution < 1.29 is 18.7 Å². The van der Waals surface area contributed by atoms with Gasteiger partial charge in [0.15, 0.2) is 0 Å². The van der Waals surface area contributed by atoms with E-state index in [1.807, 2.05) is 0 Å². The zero-order valence-electron chi connectivity index (χ0n) is 10.3. The highest BCUT2D eigenvalue weighted by atomic mass is 16.5. The topological polar surface area (TPSA) is 68.5 Å². The Morgan fingerprint density at radius 1 is 1.44 bits per heavy atom. The molecule has 5 heteroatoms. The molecule has 0 radical (unpaired) electrons. The number of methoxy groups -OCH3 is 1. The zero-order chi connectivity index (χ0) is 13.2. The molecule has 0 atom stereocenters. The lowest BCUT2D eigenvalue weighted by Gasteiger charge is -2.00. The van der Waals surface area contributed by atoms with Crippen molar-refractivity contribution in [3.8, 4) is 0 Å². The van der Waals surface area contributed by atoms with E-state index in [1.165, 1.54) is 7.11 Å². The molecule has 1 heterocycles. The number of furan rings is 1. The summed E-state index contributed by atoms with van der Waals surface area (Å²) in [7, 11) is 1.36. The summed E-state index contributed by atoms with van der Waals surface area (Å²) in [6.45, 7) is 0.391. The quantitative estimate of drug-likeness (QED) is 0.592. The van der Waals surface area contributed by atoms with Crippen molar-refractivity contribution in [3.05, 3.63) is 36.3 Å². The molecular weight excluding hydrogens is 234 g/mol. The van der Waals surface area contributed by atoms with Gasteiger partial charge in [0.1, 0.15) is 5.76 Å². The highest BCUT2D eigenvalue weighted by Gasteiger charge is 2.00. The first-order chi connectivity index (χ1) is 8.72. The summed E-state index contributed by atoms with van der Waals surface area (Å²) < 4.78 is 9.58. The molecule has 1 aromatic heterocycles. The molecule has 1 aromatic rings. The predicted molar refractivity (Wildman–Crippen MR) is 65.6 cm³/mol. The average molecular weight is 251 g/mol. The molecule has 0 fully saturated rings. The molecular formula is C13H17NO4. The molecule has 1 amide bonds. The van der Waals surface area contributed by atoms with E-state index in [2.05, 4.69) is 10.1 Å². The van der Waals surface area contributed by atoms with Crippen molar-refractivity contribution in [2.45, 2.75) is 25.8 Å². The first-order valence-corrected chi connectivity index (χ1v) is 5.73. The molecule has 18 heavy (non-hydrogen) atoms. The molecule has 0 bridgehead atoms. The smallest absolute Gasteiger partial charge is 0.305 e. The summed E-state index contributed by atoms with van der Waals surface area (Å²) in [6, 6.07) is 3.57. The van der Waals surface area contributed by atoms with Crippen molar-refractivity contribution in [3.63, 3.8) is 0 Å². The maximum atomic E-state index is 11.4. The maximum absolute atomic E-state index is 11.4. The Bertz CT molecular complexity index is 395. The fourth-order valence-electron chi connectivity index (χ4n) is 1.28. The minimum Gasteiger partial charge on any atom is -0.469 e. The summed E-state index contributed by atoms with van der Waals surface area (Å²) in [5.74, 6) is 0.389. The van der Waals surface area contributed by atoms with Crippen LogP contribution in [0.15, 0.2) is 35.0 Å². The molecule has 0 aliphatic carbocycles. The molecule has 0 unspecified atom stereocenters. The summed E-state index contributed by atoms with van der Waals surface area (Å²) in [6.07, 6.45) is 6.30. The van der Waals surface area contributed by atoms with Crippen LogP contribution in [0, 0.1) is 0 Å². The number of rotatable bonds is 7. The van der Waals surface area contributed by atoms with Crippen LogP contribution in [0.5, 0.6) is 0 Å². The third-order valence-corrected chi connectivity index (χ3v) is 2.25. The molecule has 0 aliphatic rings. The Morgan fingerprint density at radius 2 is 2.28 bits per heavy atom. The maximum Gasteiger partial charge on any atom is 0.305 e. The van der Waals surface area contributed by atoms with Gasteiger partial charge in [0, 0.05) is 12.8 Å². The first-order valence-electron chi connectivity index (χ1n) is 5.73. The number of carbonyl (C=O) groups is 2. The van der Waals surface area contributed by atoms with Gasteiger partial charge in [-0.05, 0) is 18.6 Å². The number of ether oxygens (including phenoxy) is 1. The first kappa shape index (κ1) is 14.0. The third kappa shape index (κ3) is 5.89. The van der Waals surface area contributed by atoms with Gasteiger partial charge in [-0.3, -0.25) is 9.59 Å². The van der Waals surface area contributed by atoms with E-state index < -0.39 is 0 Å². The van der Waals surface area contributed by atoms with Crippen LogP contribution in [-0.4, -0.2) is 19.0 Å². The molecule has 1 rings (SSSR count). The van der Waals surface area contributed by atoms with Crippen LogP contribution in [0.4, 0.5) is 0 Å². The van der Waals surface area contributed by atoms with Crippen LogP contribution >= 0.6 is 0 Å². The Hall–Kier alpha value is -2.04. The van der Waals surface area contributed by atoms with Crippen molar-refractivity contribution in [2.75, 3.05) is 7.11 Å². The summed E-state index contributed by atoms with van der Waals surface area (Å²) >= 11 is 0. The van der Waals surface area contributed by atoms with Crippen molar-refractivity contribution in [2.24, 2.45) is 0 Å². The molecule has 1 N–H and O–H groups in total. The fraction of sp³-hybridized carbons (Fsp3) is 0.385. The standard InChI is InChI=1S/C13H17NO4/c1-17-13(16)8-4-2-3-7-12(15)14-10-11-6-5-9-18-11/h2-3,5-6,9H,4,7-8,10H2,1H3,(H,14,15)/b3-2+. The van der Waals surface area contributed by atoms with Gasteiger partial charge in [-0.25, -0.2) is 0 Å². The minimum atomic E-state index is -0.248. The summed E-state index contributed by atoms with van der Waals surface area (Å²) in [4.78, 5) is 22.2. The highest BCUT2D eigenvalue weighted by molar-refractivity contribution is 5.77. The minimum absolute atomic E-state index is 0.0827. The van der Waals surface area contributed by atoms with Crippen molar-refractivity contribution in [1.82, 2.24) is 5.32 Å². The fourth-order valence-corrected chi connectivity index (χ4v) is 1.28. The third-order valence-electron chi connectivity index (χ3n) is 2.25. The Labute approximate surface area is 106 Å². The average Bonchev–Trinajstić information content (AvgIpc) is 2.88. The van der Waals surface area contributed by atoms with Gasteiger partial charge in [-0.1, -0.05) is 12.2 Å². The number of amides is 1. The summed E-state index contributed by atoms with van der Waals surface area (Å²) in [5.41, 5.74) is 0. The van der Waals surface area contributed by atoms with E-state index in [0.29, 0.717) is 25.8 Å². The molecule has 0 saturated carbocycles. The van der Waals surface area contributed by atoms with Gasteiger partial charge in [0.25, 0.3) is 0 Å². The van der Waals surface area contributed by atoms with Gasteiger partial charge in [-0.2, -0.15) is 0 Å². The van der Waals surface area contributed by atoms with Crippen LogP contribution in [-0.2, 0) is 20.9 Å². The van der Waals surface area contributed by atoms with Gasteiger partial charge >= 0.3 is 5.97 Å². The molecule has 98 valence electrons. The number of carbonyl (C=O) groups excluding carboxylic acids is 2. The SMILES string of the molecule is COC(=O)CC/C=C/CC(=O)NCc1ccco1. The lowest BCUT2D eigenvalue weighted by molar-refractivity contribution is -0.140. The summed E-state index contributed by atoms with van der Waals surface area (Å²) in [5, 5.41) is 2.72. The lowest BCUT2D eigenvalue weighted by Crippen LogP contribution is -2.21. The lowest BCUT2D eigenvalue weighted by atomic mass is 10.2. The van der Waals surface area contributed by atoms with Gasteiger partial charge < -0.3 is 14.5 Å². The highest BCUT2D eigenvalue weighted by Crippen LogP contribution is 1.99. The van der Waals surface area contributed by atoms with Crippen LogP contribution < -0.4 is 5.32 Å². The zero-order valence-corrected chi connectivity index (χ0v) is 10.3. The number of allylic oxidation sites excluding steroid dienone is 1. The number of esters is 1. The van der Waals surface area contributed by atoms with E-state index in [9.17, 15) is 9.59 Å². The second-order valence-electron chi connectivity index (χ2n) is 3.65. The predicted octanol–water partition coefficient (Wildman–Crippen LogP) is 1.80. The van der Waals surface area contributed by atoms with E-state index in [0.717, 1.165) is 5.76 Å². The second-order valence-corrected chi connectivity index (χ2v) is 3.65. The van der Waals surface area contributed by atoms with Crippen LogP contribution in [0.2, 0.25) is 0 Å².